The highest BCUT2D eigenvalue weighted by Gasteiger charge is 2.12. The van der Waals surface area contributed by atoms with E-state index in [1.165, 1.54) is 5.56 Å². The third-order valence-corrected chi connectivity index (χ3v) is 5.79. The van der Waals surface area contributed by atoms with E-state index in [1.807, 2.05) is 42.5 Å². The first-order chi connectivity index (χ1) is 16.5. The second kappa shape index (κ2) is 11.1. The molecule has 0 unspecified atom stereocenters. The van der Waals surface area contributed by atoms with E-state index >= 15 is 0 Å². The molecule has 178 valence electrons. The van der Waals surface area contributed by atoms with Gasteiger partial charge in [0.05, 0.1) is 25.2 Å². The van der Waals surface area contributed by atoms with E-state index in [0.29, 0.717) is 19.8 Å². The largest absolute Gasteiger partial charge is 0.494 e. The summed E-state index contributed by atoms with van der Waals surface area (Å²) in [4.78, 5) is 13.3. The van der Waals surface area contributed by atoms with E-state index in [-0.39, 0.29) is 6.42 Å². The maximum atomic E-state index is 11.2. The molecule has 0 aliphatic heterocycles. The van der Waals surface area contributed by atoms with Crippen LogP contribution in [-0.4, -0.2) is 47.9 Å². The van der Waals surface area contributed by atoms with Crippen LogP contribution in [0.25, 0.3) is 21.8 Å². The van der Waals surface area contributed by atoms with Crippen LogP contribution in [0.5, 0.6) is 11.5 Å². The molecule has 0 amide bonds. The van der Waals surface area contributed by atoms with Crippen molar-refractivity contribution in [1.29, 1.82) is 0 Å². The fourth-order valence-electron chi connectivity index (χ4n) is 4.21. The van der Waals surface area contributed by atoms with Crippen molar-refractivity contribution in [2.24, 2.45) is 0 Å². The number of carboxylic acids is 1. The molecule has 0 fully saturated rings. The molecule has 0 aliphatic rings. The monoisotopic (exact) mass is 460 g/mol. The summed E-state index contributed by atoms with van der Waals surface area (Å²) in [5, 5.41) is 11.4. The standard InChI is InChI=1S/C28H32N2O4/c1-29(2)20-21-9-11-22(12-10-21)33-17-5-6-18-34-23-13-14-25-24-7-3-4-8-26(24)30(27(25)19-23)16-15-28(31)32/h3-4,7-14,19H,5-6,15-18,20H2,1-2H3,(H,31,32). The Morgan fingerprint density at radius 1 is 0.853 bits per heavy atom. The molecule has 0 aliphatic carbocycles. The van der Waals surface area contributed by atoms with Gasteiger partial charge in [-0.3, -0.25) is 4.79 Å². The normalized spacial score (nSPS) is 11.4. The van der Waals surface area contributed by atoms with Crippen molar-refractivity contribution in [2.75, 3.05) is 27.3 Å². The number of hydrogen-bond donors (Lipinski definition) is 1. The number of ether oxygens (including phenoxy) is 2. The first-order valence-corrected chi connectivity index (χ1v) is 11.7. The number of carbonyl (C=O) groups is 1. The molecule has 0 bridgehead atoms. The number of unbranched alkanes of at least 4 members (excludes halogenated alkanes) is 1. The van der Waals surface area contributed by atoms with Crippen LogP contribution in [0.1, 0.15) is 24.8 Å². The van der Waals surface area contributed by atoms with Crippen molar-refractivity contribution in [3.63, 3.8) is 0 Å². The Morgan fingerprint density at radius 2 is 1.50 bits per heavy atom. The molecule has 0 saturated heterocycles. The van der Waals surface area contributed by atoms with Crippen molar-refractivity contribution in [2.45, 2.75) is 32.4 Å². The molecule has 0 spiro atoms. The average molecular weight is 461 g/mol. The molecule has 1 N–H and O–H groups in total. The quantitative estimate of drug-likeness (QED) is 0.280. The van der Waals surface area contributed by atoms with Gasteiger partial charge >= 0.3 is 5.97 Å². The van der Waals surface area contributed by atoms with Gasteiger partial charge in [0.1, 0.15) is 11.5 Å². The second-order valence-corrected chi connectivity index (χ2v) is 8.78. The van der Waals surface area contributed by atoms with Crippen molar-refractivity contribution in [3.05, 3.63) is 72.3 Å². The molecular formula is C28H32N2O4. The third-order valence-electron chi connectivity index (χ3n) is 5.79. The summed E-state index contributed by atoms with van der Waals surface area (Å²) in [7, 11) is 4.12. The molecule has 4 aromatic rings. The number of fused-ring (bicyclic) bond motifs is 3. The van der Waals surface area contributed by atoms with E-state index in [1.54, 1.807) is 0 Å². The second-order valence-electron chi connectivity index (χ2n) is 8.78. The minimum atomic E-state index is -0.801. The van der Waals surface area contributed by atoms with Crippen molar-refractivity contribution < 1.29 is 19.4 Å². The Balaban J connectivity index is 1.31. The van der Waals surface area contributed by atoms with Gasteiger partial charge in [0.15, 0.2) is 0 Å². The van der Waals surface area contributed by atoms with Gasteiger partial charge in [0.2, 0.25) is 0 Å². The van der Waals surface area contributed by atoms with E-state index in [4.69, 9.17) is 14.6 Å². The maximum Gasteiger partial charge on any atom is 0.305 e. The molecule has 34 heavy (non-hydrogen) atoms. The average Bonchev–Trinajstić information content (AvgIpc) is 3.13. The van der Waals surface area contributed by atoms with Crippen LogP contribution in [-0.2, 0) is 17.9 Å². The Morgan fingerprint density at radius 3 is 2.21 bits per heavy atom. The first kappa shape index (κ1) is 23.6. The summed E-state index contributed by atoms with van der Waals surface area (Å²) >= 11 is 0. The lowest BCUT2D eigenvalue weighted by Gasteiger charge is -2.11. The number of nitrogens with zero attached hydrogens (tertiary/aromatic N) is 2. The zero-order valence-corrected chi connectivity index (χ0v) is 19.9. The zero-order valence-electron chi connectivity index (χ0n) is 19.9. The number of aliphatic carboxylic acids is 1. The van der Waals surface area contributed by atoms with Gasteiger partial charge in [-0.05, 0) is 62.8 Å². The maximum absolute atomic E-state index is 11.2. The number of hydrogen-bond acceptors (Lipinski definition) is 4. The van der Waals surface area contributed by atoms with Gasteiger partial charge in [0.25, 0.3) is 0 Å². The highest BCUT2D eigenvalue weighted by atomic mass is 16.5. The molecule has 0 saturated carbocycles. The molecule has 3 aromatic carbocycles. The van der Waals surface area contributed by atoms with Crippen LogP contribution in [0.2, 0.25) is 0 Å². The fraction of sp³-hybridized carbons (Fsp3) is 0.321. The topological polar surface area (TPSA) is 63.9 Å². The Bertz CT molecular complexity index is 1240. The zero-order chi connectivity index (χ0) is 23.9. The molecule has 6 heteroatoms. The first-order valence-electron chi connectivity index (χ1n) is 11.7. The van der Waals surface area contributed by atoms with Crippen molar-refractivity contribution in [3.8, 4) is 11.5 Å². The van der Waals surface area contributed by atoms with Crippen LogP contribution in [0.4, 0.5) is 0 Å². The van der Waals surface area contributed by atoms with Gasteiger partial charge in [0, 0.05) is 35.4 Å². The summed E-state index contributed by atoms with van der Waals surface area (Å²) < 4.78 is 13.9. The van der Waals surface area contributed by atoms with Crippen LogP contribution >= 0.6 is 0 Å². The minimum Gasteiger partial charge on any atom is -0.494 e. The predicted octanol–water partition coefficient (Wildman–Crippen LogP) is 5.57. The number of aromatic nitrogens is 1. The lowest BCUT2D eigenvalue weighted by Crippen LogP contribution is -2.10. The molecular weight excluding hydrogens is 428 g/mol. The number of benzene rings is 3. The van der Waals surface area contributed by atoms with Crippen LogP contribution in [0.3, 0.4) is 0 Å². The molecule has 4 rings (SSSR count). The highest BCUT2D eigenvalue weighted by molar-refractivity contribution is 6.08. The van der Waals surface area contributed by atoms with E-state index in [9.17, 15) is 4.79 Å². The van der Waals surface area contributed by atoms with Crippen LogP contribution in [0, 0.1) is 0 Å². The van der Waals surface area contributed by atoms with E-state index < -0.39 is 5.97 Å². The van der Waals surface area contributed by atoms with Crippen LogP contribution in [0.15, 0.2) is 66.7 Å². The lowest BCUT2D eigenvalue weighted by atomic mass is 10.1. The van der Waals surface area contributed by atoms with Crippen LogP contribution < -0.4 is 9.47 Å². The number of rotatable bonds is 12. The van der Waals surface area contributed by atoms with E-state index in [0.717, 1.165) is 52.7 Å². The summed E-state index contributed by atoms with van der Waals surface area (Å²) in [5.74, 6) is 0.886. The van der Waals surface area contributed by atoms with Gasteiger partial charge < -0.3 is 24.0 Å². The Kier molecular flexibility index (Phi) is 7.70. The van der Waals surface area contributed by atoms with Crippen molar-refractivity contribution in [1.82, 2.24) is 9.47 Å². The number of para-hydroxylation sites is 1. The van der Waals surface area contributed by atoms with Gasteiger partial charge in [-0.2, -0.15) is 0 Å². The van der Waals surface area contributed by atoms with Gasteiger partial charge in [-0.1, -0.05) is 30.3 Å². The minimum absolute atomic E-state index is 0.0806. The highest BCUT2D eigenvalue weighted by Crippen LogP contribution is 2.31. The summed E-state index contributed by atoms with van der Waals surface area (Å²) in [5.41, 5.74) is 3.31. The number of aryl methyl sites for hydroxylation is 1. The summed E-state index contributed by atoms with van der Waals surface area (Å²) in [6.07, 6.45) is 1.87. The molecule has 1 heterocycles. The van der Waals surface area contributed by atoms with Gasteiger partial charge in [-0.15, -0.1) is 0 Å². The fourth-order valence-corrected chi connectivity index (χ4v) is 4.21. The Hall–Kier alpha value is -3.51. The Labute approximate surface area is 200 Å². The van der Waals surface area contributed by atoms with E-state index in [2.05, 4.69) is 47.8 Å². The number of carboxylic acid groups (broad SMARTS) is 1. The smallest absolute Gasteiger partial charge is 0.305 e. The molecule has 1 aromatic heterocycles. The third kappa shape index (κ3) is 5.88. The SMILES string of the molecule is CN(C)Cc1ccc(OCCCCOc2ccc3c4ccccc4n(CCC(=O)O)c3c2)cc1. The molecule has 0 radical (unpaired) electrons. The summed E-state index contributed by atoms with van der Waals surface area (Å²) in [6, 6.07) is 22.4. The predicted molar refractivity (Wildman–Crippen MR) is 136 cm³/mol. The van der Waals surface area contributed by atoms with Crippen molar-refractivity contribution >= 4 is 27.8 Å². The lowest BCUT2D eigenvalue weighted by molar-refractivity contribution is -0.137. The van der Waals surface area contributed by atoms with Gasteiger partial charge in [-0.25, -0.2) is 0 Å². The molecule has 6 nitrogen and oxygen atoms in total. The molecule has 0 atom stereocenters. The summed E-state index contributed by atoms with van der Waals surface area (Å²) in [6.45, 7) is 2.60.